The van der Waals surface area contributed by atoms with Gasteiger partial charge < -0.3 is 19.3 Å². The van der Waals surface area contributed by atoms with Gasteiger partial charge in [-0.3, -0.25) is 0 Å². The number of methoxy groups -OCH3 is 1. The van der Waals surface area contributed by atoms with Gasteiger partial charge in [0.1, 0.15) is 42.2 Å². The second-order valence-corrected chi connectivity index (χ2v) is 8.06. The molecule has 0 aliphatic heterocycles. The monoisotopic (exact) mass is 497 g/mol. The van der Waals surface area contributed by atoms with Gasteiger partial charge in [0.05, 0.1) is 18.3 Å². The molecule has 1 atom stereocenters. The van der Waals surface area contributed by atoms with Crippen molar-refractivity contribution in [3.05, 3.63) is 101 Å². The molecule has 186 valence electrons. The van der Waals surface area contributed by atoms with Crippen molar-refractivity contribution in [3.63, 3.8) is 0 Å². The third kappa shape index (κ3) is 6.51. The molecule has 0 bridgehead atoms. The SMILES string of the molecule is C#CCO[C@@H](COc1ccc(OC)cc1C(=O)O)c1cccc(/C=C/c2ccc3cc(F)ccc3n2)c1. The number of ether oxygens (including phenoxy) is 3. The maximum atomic E-state index is 13.4. The number of carboxylic acids is 1. The van der Waals surface area contributed by atoms with Crippen molar-refractivity contribution in [1.82, 2.24) is 4.98 Å². The quantitative estimate of drug-likeness (QED) is 0.270. The van der Waals surface area contributed by atoms with E-state index in [9.17, 15) is 14.3 Å². The highest BCUT2D eigenvalue weighted by Gasteiger charge is 2.17. The van der Waals surface area contributed by atoms with Crippen LogP contribution in [0.5, 0.6) is 11.5 Å². The number of pyridine rings is 1. The van der Waals surface area contributed by atoms with E-state index >= 15 is 0 Å². The first kappa shape index (κ1) is 25.4. The number of aromatic carboxylic acids is 1. The smallest absolute Gasteiger partial charge is 0.339 e. The highest BCUT2D eigenvalue weighted by Crippen LogP contribution is 2.27. The van der Waals surface area contributed by atoms with E-state index in [1.807, 2.05) is 48.6 Å². The lowest BCUT2D eigenvalue weighted by atomic mass is 10.1. The van der Waals surface area contributed by atoms with Crippen LogP contribution in [0, 0.1) is 18.2 Å². The van der Waals surface area contributed by atoms with Crippen molar-refractivity contribution >= 4 is 29.0 Å². The van der Waals surface area contributed by atoms with Crippen LogP contribution in [0.25, 0.3) is 23.1 Å². The van der Waals surface area contributed by atoms with Crippen LogP contribution in [0.2, 0.25) is 0 Å². The molecule has 4 rings (SSSR count). The number of carbonyl (C=O) groups is 1. The van der Waals surface area contributed by atoms with Gasteiger partial charge >= 0.3 is 5.97 Å². The molecule has 1 heterocycles. The number of hydrogen-bond donors (Lipinski definition) is 1. The molecular formula is C30H24FNO5. The molecule has 37 heavy (non-hydrogen) atoms. The summed E-state index contributed by atoms with van der Waals surface area (Å²) < 4.78 is 30.2. The average molecular weight is 498 g/mol. The Balaban J connectivity index is 1.53. The molecule has 1 N–H and O–H groups in total. The van der Waals surface area contributed by atoms with Crippen LogP contribution in [0.3, 0.4) is 0 Å². The number of terminal acetylenes is 1. The molecule has 1 aromatic heterocycles. The summed E-state index contributed by atoms with van der Waals surface area (Å²) in [7, 11) is 1.46. The predicted molar refractivity (Wildman–Crippen MR) is 140 cm³/mol. The highest BCUT2D eigenvalue weighted by molar-refractivity contribution is 5.91. The molecule has 3 aromatic carbocycles. The van der Waals surface area contributed by atoms with E-state index in [-0.39, 0.29) is 30.3 Å². The summed E-state index contributed by atoms with van der Waals surface area (Å²) in [4.78, 5) is 16.2. The molecule has 0 amide bonds. The third-order valence-corrected chi connectivity index (χ3v) is 5.58. The number of halogens is 1. The predicted octanol–water partition coefficient (Wildman–Crippen LogP) is 6.02. The molecule has 0 radical (unpaired) electrons. The van der Waals surface area contributed by atoms with Crippen LogP contribution in [-0.4, -0.2) is 36.4 Å². The van der Waals surface area contributed by atoms with Crippen molar-refractivity contribution in [3.8, 4) is 23.8 Å². The zero-order valence-electron chi connectivity index (χ0n) is 20.1. The van der Waals surface area contributed by atoms with Crippen LogP contribution in [0.1, 0.15) is 33.3 Å². The molecule has 0 unspecified atom stereocenters. The minimum Gasteiger partial charge on any atom is -0.497 e. The summed E-state index contributed by atoms with van der Waals surface area (Å²) in [5, 5.41) is 10.3. The Morgan fingerprint density at radius 3 is 2.76 bits per heavy atom. The molecule has 0 aliphatic rings. The summed E-state index contributed by atoms with van der Waals surface area (Å²) in [5.41, 5.74) is 3.12. The number of carboxylic acid groups (broad SMARTS) is 1. The van der Waals surface area contributed by atoms with E-state index in [1.165, 1.54) is 25.3 Å². The summed E-state index contributed by atoms with van der Waals surface area (Å²) in [5.74, 6) is 1.64. The van der Waals surface area contributed by atoms with E-state index in [2.05, 4.69) is 10.9 Å². The van der Waals surface area contributed by atoms with Gasteiger partial charge in [-0.25, -0.2) is 14.2 Å². The van der Waals surface area contributed by atoms with Gasteiger partial charge in [0.25, 0.3) is 0 Å². The van der Waals surface area contributed by atoms with Crippen LogP contribution in [0.4, 0.5) is 4.39 Å². The maximum absolute atomic E-state index is 13.4. The van der Waals surface area contributed by atoms with Crippen LogP contribution in [-0.2, 0) is 4.74 Å². The molecule has 6 nitrogen and oxygen atoms in total. The van der Waals surface area contributed by atoms with Crippen LogP contribution >= 0.6 is 0 Å². The molecular weight excluding hydrogens is 473 g/mol. The van der Waals surface area contributed by atoms with Gasteiger partial charge in [0.2, 0.25) is 0 Å². The number of hydrogen-bond acceptors (Lipinski definition) is 5. The summed E-state index contributed by atoms with van der Waals surface area (Å²) in [6, 6.07) is 20.3. The fourth-order valence-electron chi connectivity index (χ4n) is 3.73. The Morgan fingerprint density at radius 2 is 1.97 bits per heavy atom. The molecule has 7 heteroatoms. The van der Waals surface area contributed by atoms with Gasteiger partial charge in [-0.05, 0) is 65.7 Å². The zero-order valence-corrected chi connectivity index (χ0v) is 20.1. The lowest BCUT2D eigenvalue weighted by Gasteiger charge is -2.19. The fraction of sp³-hybridized carbons (Fsp3) is 0.133. The van der Waals surface area contributed by atoms with Crippen molar-refractivity contribution < 1.29 is 28.5 Å². The molecule has 4 aromatic rings. The first-order valence-electron chi connectivity index (χ1n) is 11.4. The summed E-state index contributed by atoms with van der Waals surface area (Å²) in [6.45, 7) is 0.105. The summed E-state index contributed by atoms with van der Waals surface area (Å²) in [6.07, 6.45) is 8.64. The minimum absolute atomic E-state index is 0.0163. The lowest BCUT2D eigenvalue weighted by molar-refractivity contribution is 0.0375. The van der Waals surface area contributed by atoms with E-state index in [0.29, 0.717) is 11.3 Å². The number of fused-ring (bicyclic) bond motifs is 1. The fourth-order valence-corrected chi connectivity index (χ4v) is 3.73. The van der Waals surface area contributed by atoms with E-state index in [4.69, 9.17) is 20.6 Å². The van der Waals surface area contributed by atoms with Crippen molar-refractivity contribution in [2.75, 3.05) is 20.3 Å². The zero-order chi connectivity index (χ0) is 26.2. The largest absolute Gasteiger partial charge is 0.497 e. The Hall–Kier alpha value is -4.67. The Labute approximate surface area is 214 Å². The van der Waals surface area contributed by atoms with Gasteiger partial charge in [-0.2, -0.15) is 0 Å². The lowest BCUT2D eigenvalue weighted by Crippen LogP contribution is -2.16. The van der Waals surface area contributed by atoms with Gasteiger partial charge in [0, 0.05) is 5.39 Å². The van der Waals surface area contributed by atoms with Crippen molar-refractivity contribution in [2.45, 2.75) is 6.10 Å². The van der Waals surface area contributed by atoms with E-state index < -0.39 is 12.1 Å². The van der Waals surface area contributed by atoms with E-state index in [1.54, 1.807) is 18.2 Å². The number of aromatic nitrogens is 1. The maximum Gasteiger partial charge on any atom is 0.339 e. The molecule has 0 spiro atoms. The molecule has 0 fully saturated rings. The minimum atomic E-state index is -1.13. The first-order valence-corrected chi connectivity index (χ1v) is 11.4. The van der Waals surface area contributed by atoms with Crippen molar-refractivity contribution in [1.29, 1.82) is 0 Å². The molecule has 0 saturated heterocycles. The standard InChI is InChI=1S/C30H24FNO5/c1-3-15-36-29(19-37-28-14-12-25(35-2)18-26(28)30(33)34)22-6-4-5-20(16-22)7-10-24-11-8-21-17-23(31)9-13-27(21)32-24/h1,4-14,16-18,29H,15,19H2,2H3,(H,33,34)/b10-7+/t29-/m0/s1. The second kappa shape index (κ2) is 11.8. The Morgan fingerprint density at radius 1 is 1.11 bits per heavy atom. The number of rotatable bonds is 10. The number of nitrogens with zero attached hydrogens (tertiary/aromatic N) is 1. The topological polar surface area (TPSA) is 77.9 Å². The average Bonchev–Trinajstić information content (AvgIpc) is 2.92. The van der Waals surface area contributed by atoms with E-state index in [0.717, 1.165) is 22.2 Å². The number of benzene rings is 3. The Bertz CT molecular complexity index is 1490. The van der Waals surface area contributed by atoms with Gasteiger partial charge in [0.15, 0.2) is 0 Å². The third-order valence-electron chi connectivity index (χ3n) is 5.58. The van der Waals surface area contributed by atoms with Gasteiger partial charge in [-0.15, -0.1) is 6.42 Å². The van der Waals surface area contributed by atoms with Crippen LogP contribution < -0.4 is 9.47 Å². The first-order chi connectivity index (χ1) is 18.0. The Kier molecular flexibility index (Phi) is 8.14. The highest BCUT2D eigenvalue weighted by atomic mass is 19.1. The normalized spacial score (nSPS) is 11.8. The second-order valence-electron chi connectivity index (χ2n) is 8.06. The van der Waals surface area contributed by atoms with Crippen molar-refractivity contribution in [2.24, 2.45) is 0 Å². The molecule has 0 saturated carbocycles. The van der Waals surface area contributed by atoms with Crippen LogP contribution in [0.15, 0.2) is 72.8 Å². The van der Waals surface area contributed by atoms with Gasteiger partial charge in [-0.1, -0.05) is 36.3 Å². The molecule has 0 aliphatic carbocycles. The summed E-state index contributed by atoms with van der Waals surface area (Å²) >= 11 is 0.